The van der Waals surface area contributed by atoms with Crippen LogP contribution in [0.5, 0.6) is 0 Å². The standard InChI is InChI=1S/C16H21F2N3O2S/c1-10(15(23)19-6-7-20(2)3)21-14(22)9-24-16(21)12-5-4-11(17)8-13(12)18/h4-5,8,10,16H,6-7,9H2,1-3H3,(H,19,23)/t10-,16+/m1/s1. The van der Waals surface area contributed by atoms with Crippen LogP contribution in [0, 0.1) is 11.6 Å². The zero-order chi connectivity index (χ0) is 17.9. The van der Waals surface area contributed by atoms with Crippen LogP contribution in [0.2, 0.25) is 0 Å². The van der Waals surface area contributed by atoms with Gasteiger partial charge in [-0.3, -0.25) is 9.59 Å². The Morgan fingerprint density at radius 3 is 2.79 bits per heavy atom. The number of carbonyl (C=O) groups excluding carboxylic acids is 2. The van der Waals surface area contributed by atoms with Gasteiger partial charge >= 0.3 is 0 Å². The number of carbonyl (C=O) groups is 2. The van der Waals surface area contributed by atoms with Gasteiger partial charge in [0, 0.05) is 24.7 Å². The van der Waals surface area contributed by atoms with Gasteiger partial charge in [-0.15, -0.1) is 11.8 Å². The van der Waals surface area contributed by atoms with E-state index < -0.39 is 23.1 Å². The normalized spacial score (nSPS) is 19.0. The first-order chi connectivity index (χ1) is 11.3. The van der Waals surface area contributed by atoms with Crippen LogP contribution in [0.4, 0.5) is 8.78 Å². The fourth-order valence-corrected chi connectivity index (χ4v) is 3.75. The Balaban J connectivity index is 2.13. The fourth-order valence-electron chi connectivity index (χ4n) is 2.47. The maximum atomic E-state index is 14.1. The number of halogens is 2. The van der Waals surface area contributed by atoms with E-state index in [0.717, 1.165) is 12.1 Å². The highest BCUT2D eigenvalue weighted by atomic mass is 32.2. The Kier molecular flexibility index (Phi) is 6.17. The summed E-state index contributed by atoms with van der Waals surface area (Å²) in [7, 11) is 3.78. The van der Waals surface area contributed by atoms with Gasteiger partial charge in [-0.1, -0.05) is 6.07 Å². The van der Waals surface area contributed by atoms with Crippen LogP contribution in [-0.2, 0) is 9.59 Å². The molecular weight excluding hydrogens is 336 g/mol. The predicted molar refractivity (Wildman–Crippen MR) is 89.4 cm³/mol. The molecule has 1 aliphatic heterocycles. The Bertz CT molecular complexity index is 627. The van der Waals surface area contributed by atoms with Crippen molar-refractivity contribution >= 4 is 23.6 Å². The molecule has 1 fully saturated rings. The summed E-state index contributed by atoms with van der Waals surface area (Å²) in [4.78, 5) is 27.8. The summed E-state index contributed by atoms with van der Waals surface area (Å²) >= 11 is 1.23. The Hall–Kier alpha value is -1.67. The van der Waals surface area contributed by atoms with Crippen LogP contribution in [0.25, 0.3) is 0 Å². The molecule has 1 aromatic rings. The van der Waals surface area contributed by atoms with Crippen LogP contribution < -0.4 is 5.32 Å². The molecule has 2 rings (SSSR count). The van der Waals surface area contributed by atoms with Crippen LogP contribution in [0.15, 0.2) is 18.2 Å². The highest BCUT2D eigenvalue weighted by molar-refractivity contribution is 8.00. The predicted octanol–water partition coefficient (Wildman–Crippen LogP) is 1.61. The van der Waals surface area contributed by atoms with Gasteiger partial charge in [0.15, 0.2) is 0 Å². The molecular formula is C16H21F2N3O2S. The summed E-state index contributed by atoms with van der Waals surface area (Å²) in [6.45, 7) is 2.75. The molecule has 1 aliphatic rings. The largest absolute Gasteiger partial charge is 0.353 e. The summed E-state index contributed by atoms with van der Waals surface area (Å²) < 4.78 is 27.2. The van der Waals surface area contributed by atoms with Crippen molar-refractivity contribution in [1.29, 1.82) is 0 Å². The minimum atomic E-state index is -0.732. The highest BCUT2D eigenvalue weighted by Crippen LogP contribution is 2.41. The van der Waals surface area contributed by atoms with Crippen LogP contribution >= 0.6 is 11.8 Å². The van der Waals surface area contributed by atoms with Gasteiger partial charge < -0.3 is 15.1 Å². The van der Waals surface area contributed by atoms with E-state index in [1.807, 2.05) is 19.0 Å². The number of nitrogens with zero attached hydrogens (tertiary/aromatic N) is 2. The molecule has 2 atom stereocenters. The first-order valence-electron chi connectivity index (χ1n) is 7.61. The minimum Gasteiger partial charge on any atom is -0.353 e. The molecule has 8 heteroatoms. The third-order valence-corrected chi connectivity index (χ3v) is 5.00. The second-order valence-corrected chi connectivity index (χ2v) is 6.97. The summed E-state index contributed by atoms with van der Waals surface area (Å²) in [5, 5.41) is 2.14. The summed E-state index contributed by atoms with van der Waals surface area (Å²) in [5.74, 6) is -1.75. The molecule has 5 nitrogen and oxygen atoms in total. The number of rotatable bonds is 6. The van der Waals surface area contributed by atoms with Gasteiger partial charge in [-0.2, -0.15) is 0 Å². The van der Waals surface area contributed by atoms with Gasteiger partial charge in [0.1, 0.15) is 23.1 Å². The van der Waals surface area contributed by atoms with E-state index in [2.05, 4.69) is 5.32 Å². The summed E-state index contributed by atoms with van der Waals surface area (Å²) in [6.07, 6.45) is 0. The zero-order valence-corrected chi connectivity index (χ0v) is 14.7. The first kappa shape index (κ1) is 18.7. The van der Waals surface area contributed by atoms with Crippen LogP contribution in [0.1, 0.15) is 17.9 Å². The summed E-state index contributed by atoms with van der Waals surface area (Å²) in [6, 6.07) is 2.54. The lowest BCUT2D eigenvalue weighted by atomic mass is 10.1. The molecule has 0 unspecified atom stereocenters. The van der Waals surface area contributed by atoms with Crippen molar-refractivity contribution in [1.82, 2.24) is 15.1 Å². The van der Waals surface area contributed by atoms with E-state index in [4.69, 9.17) is 0 Å². The topological polar surface area (TPSA) is 52.7 Å². The lowest BCUT2D eigenvalue weighted by Crippen LogP contribution is -2.48. The average Bonchev–Trinajstić information content (AvgIpc) is 2.87. The molecule has 1 heterocycles. The Morgan fingerprint density at radius 2 is 2.17 bits per heavy atom. The molecule has 1 saturated heterocycles. The zero-order valence-electron chi connectivity index (χ0n) is 13.9. The van der Waals surface area contributed by atoms with Crippen molar-refractivity contribution in [2.75, 3.05) is 32.9 Å². The molecule has 0 bridgehead atoms. The lowest BCUT2D eigenvalue weighted by molar-refractivity contribution is -0.137. The van der Waals surface area contributed by atoms with E-state index in [1.54, 1.807) is 6.92 Å². The van der Waals surface area contributed by atoms with E-state index in [-0.39, 0.29) is 23.1 Å². The quantitative estimate of drug-likeness (QED) is 0.840. The number of hydrogen-bond donors (Lipinski definition) is 1. The second-order valence-electron chi connectivity index (χ2n) is 5.90. The number of amides is 2. The minimum absolute atomic E-state index is 0.163. The molecule has 1 aromatic carbocycles. The number of hydrogen-bond acceptors (Lipinski definition) is 4. The van der Waals surface area contributed by atoms with Crippen molar-refractivity contribution < 1.29 is 18.4 Å². The smallest absolute Gasteiger partial charge is 0.242 e. The van der Waals surface area contributed by atoms with Crippen LogP contribution in [-0.4, -0.2) is 60.6 Å². The Labute approximate surface area is 144 Å². The summed E-state index contributed by atoms with van der Waals surface area (Å²) in [5.41, 5.74) is 0.209. The van der Waals surface area contributed by atoms with Crippen molar-refractivity contribution in [2.45, 2.75) is 18.3 Å². The molecule has 132 valence electrons. The molecule has 0 aliphatic carbocycles. The van der Waals surface area contributed by atoms with Gasteiger partial charge in [0.05, 0.1) is 5.75 Å². The van der Waals surface area contributed by atoms with Crippen molar-refractivity contribution in [3.63, 3.8) is 0 Å². The third kappa shape index (κ3) is 4.24. The first-order valence-corrected chi connectivity index (χ1v) is 8.66. The monoisotopic (exact) mass is 357 g/mol. The molecule has 0 aromatic heterocycles. The Morgan fingerprint density at radius 1 is 1.46 bits per heavy atom. The number of thioether (sulfide) groups is 1. The third-order valence-electron chi connectivity index (χ3n) is 3.79. The fraction of sp³-hybridized carbons (Fsp3) is 0.500. The number of nitrogens with one attached hydrogen (secondary N) is 1. The number of benzene rings is 1. The van der Waals surface area contributed by atoms with E-state index in [9.17, 15) is 18.4 Å². The molecule has 0 saturated carbocycles. The van der Waals surface area contributed by atoms with Crippen molar-refractivity contribution in [2.24, 2.45) is 0 Å². The van der Waals surface area contributed by atoms with Gasteiger partial charge in [0.2, 0.25) is 11.8 Å². The van der Waals surface area contributed by atoms with Gasteiger partial charge in [-0.25, -0.2) is 8.78 Å². The van der Waals surface area contributed by atoms with E-state index in [1.165, 1.54) is 22.7 Å². The van der Waals surface area contributed by atoms with E-state index in [0.29, 0.717) is 13.1 Å². The lowest BCUT2D eigenvalue weighted by Gasteiger charge is -2.30. The molecule has 2 amide bonds. The average molecular weight is 357 g/mol. The SMILES string of the molecule is C[C@H](C(=O)NCCN(C)C)N1C(=O)CS[C@H]1c1ccc(F)cc1F. The highest BCUT2D eigenvalue weighted by Gasteiger charge is 2.39. The molecule has 24 heavy (non-hydrogen) atoms. The maximum Gasteiger partial charge on any atom is 0.242 e. The van der Waals surface area contributed by atoms with Crippen molar-refractivity contribution in [3.05, 3.63) is 35.4 Å². The molecule has 0 spiro atoms. The van der Waals surface area contributed by atoms with Gasteiger partial charge in [0.25, 0.3) is 0 Å². The van der Waals surface area contributed by atoms with Crippen LogP contribution in [0.3, 0.4) is 0 Å². The maximum absolute atomic E-state index is 14.1. The van der Waals surface area contributed by atoms with Crippen molar-refractivity contribution in [3.8, 4) is 0 Å². The number of likely N-dealkylation sites (N-methyl/N-ethyl adjacent to an activating group) is 1. The molecule has 0 radical (unpaired) electrons. The second kappa shape index (κ2) is 7.94. The van der Waals surface area contributed by atoms with E-state index >= 15 is 0 Å². The van der Waals surface area contributed by atoms with Gasteiger partial charge in [-0.05, 0) is 27.1 Å². The molecule has 1 N–H and O–H groups in total.